The zero-order valence-corrected chi connectivity index (χ0v) is 5.95. The van der Waals surface area contributed by atoms with Crippen LogP contribution in [0.2, 0.25) is 0 Å². The lowest BCUT2D eigenvalue weighted by Gasteiger charge is -1.86. The van der Waals surface area contributed by atoms with Crippen molar-refractivity contribution in [1.29, 1.82) is 0 Å². The van der Waals surface area contributed by atoms with Crippen LogP contribution in [0.4, 0.5) is 0 Å². The van der Waals surface area contributed by atoms with Gasteiger partial charge in [0.1, 0.15) is 0 Å². The lowest BCUT2D eigenvalue weighted by Crippen LogP contribution is -1.75. The van der Waals surface area contributed by atoms with E-state index in [1.165, 1.54) is 5.56 Å². The van der Waals surface area contributed by atoms with Crippen LogP contribution in [-0.2, 0) is 6.42 Å². The van der Waals surface area contributed by atoms with Crippen LogP contribution in [-0.4, -0.2) is 0 Å². The Hall–Kier alpha value is -0.740. The Morgan fingerprint density at radius 2 is 2.56 bits per heavy atom. The number of rotatable bonds is 2. The van der Waals surface area contributed by atoms with Crippen molar-refractivity contribution in [2.45, 2.75) is 12.8 Å². The SMILES string of the molecule is C#CCCc1ccsc1. The zero-order valence-electron chi connectivity index (χ0n) is 5.13. The third-order valence-electron chi connectivity index (χ3n) is 1.14. The molecular formula is C8H8S. The molecule has 0 unspecified atom stereocenters. The van der Waals surface area contributed by atoms with E-state index in [0.717, 1.165) is 12.8 Å². The van der Waals surface area contributed by atoms with E-state index in [9.17, 15) is 0 Å². The van der Waals surface area contributed by atoms with Crippen molar-refractivity contribution >= 4 is 11.3 Å². The Morgan fingerprint density at radius 3 is 3.11 bits per heavy atom. The lowest BCUT2D eigenvalue weighted by atomic mass is 10.2. The summed E-state index contributed by atoms with van der Waals surface area (Å²) in [5.41, 5.74) is 1.36. The van der Waals surface area contributed by atoms with E-state index in [2.05, 4.69) is 22.7 Å². The predicted molar refractivity (Wildman–Crippen MR) is 41.5 cm³/mol. The third kappa shape index (κ3) is 1.91. The standard InChI is InChI=1S/C8H8S/c1-2-3-4-8-5-6-9-7-8/h1,5-7H,3-4H2. The second kappa shape index (κ2) is 3.32. The summed E-state index contributed by atoms with van der Waals surface area (Å²) in [6, 6.07) is 2.11. The molecule has 46 valence electrons. The average molecular weight is 136 g/mol. The maximum absolute atomic E-state index is 5.10. The summed E-state index contributed by atoms with van der Waals surface area (Å²) in [6.07, 6.45) is 6.98. The molecule has 0 nitrogen and oxygen atoms in total. The Morgan fingerprint density at radius 1 is 1.67 bits per heavy atom. The van der Waals surface area contributed by atoms with Crippen LogP contribution in [0, 0.1) is 12.3 Å². The molecule has 1 heteroatoms. The van der Waals surface area contributed by atoms with Crippen molar-refractivity contribution < 1.29 is 0 Å². The molecule has 0 amide bonds. The van der Waals surface area contributed by atoms with Crippen LogP contribution >= 0.6 is 11.3 Å². The van der Waals surface area contributed by atoms with E-state index in [-0.39, 0.29) is 0 Å². The summed E-state index contributed by atoms with van der Waals surface area (Å²) in [6.45, 7) is 0. The molecular weight excluding hydrogens is 128 g/mol. The molecule has 9 heavy (non-hydrogen) atoms. The van der Waals surface area contributed by atoms with E-state index < -0.39 is 0 Å². The minimum Gasteiger partial charge on any atom is -0.152 e. The minimum absolute atomic E-state index is 0.858. The molecule has 1 rings (SSSR count). The highest BCUT2D eigenvalue weighted by Gasteiger charge is 1.88. The summed E-state index contributed by atoms with van der Waals surface area (Å²) < 4.78 is 0. The van der Waals surface area contributed by atoms with E-state index in [0.29, 0.717) is 0 Å². The van der Waals surface area contributed by atoms with Crippen LogP contribution in [0.1, 0.15) is 12.0 Å². The van der Waals surface area contributed by atoms with Gasteiger partial charge >= 0.3 is 0 Å². The Balaban J connectivity index is 2.41. The van der Waals surface area contributed by atoms with E-state index in [4.69, 9.17) is 6.42 Å². The van der Waals surface area contributed by atoms with Gasteiger partial charge in [-0.15, -0.1) is 12.3 Å². The molecule has 0 aromatic carbocycles. The van der Waals surface area contributed by atoms with Crippen LogP contribution in [0.5, 0.6) is 0 Å². The molecule has 1 aromatic heterocycles. The molecule has 1 heterocycles. The molecule has 0 spiro atoms. The average Bonchev–Trinajstić information content (AvgIpc) is 2.34. The van der Waals surface area contributed by atoms with Gasteiger partial charge in [-0.2, -0.15) is 11.3 Å². The number of thiophene rings is 1. The largest absolute Gasteiger partial charge is 0.152 e. The highest BCUT2D eigenvalue weighted by molar-refractivity contribution is 7.07. The minimum atomic E-state index is 0.858. The van der Waals surface area contributed by atoms with Crippen LogP contribution < -0.4 is 0 Å². The van der Waals surface area contributed by atoms with Gasteiger partial charge in [0.2, 0.25) is 0 Å². The van der Waals surface area contributed by atoms with Gasteiger partial charge in [-0.25, -0.2) is 0 Å². The molecule has 0 aliphatic rings. The van der Waals surface area contributed by atoms with Crippen molar-refractivity contribution in [3.8, 4) is 12.3 Å². The Kier molecular flexibility index (Phi) is 2.35. The van der Waals surface area contributed by atoms with Crippen molar-refractivity contribution in [3.05, 3.63) is 22.4 Å². The summed E-state index contributed by atoms with van der Waals surface area (Å²) >= 11 is 1.72. The van der Waals surface area contributed by atoms with Gasteiger partial charge in [-0.3, -0.25) is 0 Å². The molecule has 0 N–H and O–H groups in total. The number of hydrogen-bond acceptors (Lipinski definition) is 1. The molecule has 0 atom stereocenters. The maximum Gasteiger partial charge on any atom is 0.0127 e. The van der Waals surface area contributed by atoms with E-state index >= 15 is 0 Å². The van der Waals surface area contributed by atoms with Gasteiger partial charge in [0.05, 0.1) is 0 Å². The molecule has 1 aromatic rings. The topological polar surface area (TPSA) is 0 Å². The van der Waals surface area contributed by atoms with Gasteiger partial charge in [0, 0.05) is 6.42 Å². The van der Waals surface area contributed by atoms with E-state index in [1.54, 1.807) is 11.3 Å². The van der Waals surface area contributed by atoms with Gasteiger partial charge in [0.25, 0.3) is 0 Å². The fraction of sp³-hybridized carbons (Fsp3) is 0.250. The highest BCUT2D eigenvalue weighted by atomic mass is 32.1. The van der Waals surface area contributed by atoms with Crippen LogP contribution in [0.3, 0.4) is 0 Å². The fourth-order valence-corrected chi connectivity index (χ4v) is 1.35. The molecule has 0 aliphatic carbocycles. The van der Waals surface area contributed by atoms with Crippen LogP contribution in [0.25, 0.3) is 0 Å². The molecule has 0 saturated heterocycles. The Labute approximate surface area is 59.5 Å². The smallest absolute Gasteiger partial charge is 0.0127 e. The van der Waals surface area contributed by atoms with Crippen molar-refractivity contribution in [1.82, 2.24) is 0 Å². The monoisotopic (exact) mass is 136 g/mol. The summed E-state index contributed by atoms with van der Waals surface area (Å²) in [5, 5.41) is 4.21. The highest BCUT2D eigenvalue weighted by Crippen LogP contribution is 2.07. The zero-order chi connectivity index (χ0) is 6.53. The van der Waals surface area contributed by atoms with Crippen molar-refractivity contribution in [2.75, 3.05) is 0 Å². The van der Waals surface area contributed by atoms with Crippen molar-refractivity contribution in [3.63, 3.8) is 0 Å². The normalized spacial score (nSPS) is 8.78. The van der Waals surface area contributed by atoms with Crippen LogP contribution in [0.15, 0.2) is 16.8 Å². The van der Waals surface area contributed by atoms with Crippen molar-refractivity contribution in [2.24, 2.45) is 0 Å². The van der Waals surface area contributed by atoms with Gasteiger partial charge in [-0.1, -0.05) is 0 Å². The second-order valence-corrected chi connectivity index (χ2v) is 2.62. The summed E-state index contributed by atoms with van der Waals surface area (Å²) in [5.74, 6) is 2.61. The first-order chi connectivity index (χ1) is 4.43. The molecule has 0 bridgehead atoms. The second-order valence-electron chi connectivity index (χ2n) is 1.84. The quantitative estimate of drug-likeness (QED) is 0.547. The first-order valence-electron chi connectivity index (χ1n) is 2.88. The predicted octanol–water partition coefficient (Wildman–Crippen LogP) is 2.31. The molecule has 0 saturated carbocycles. The first kappa shape index (κ1) is 6.38. The maximum atomic E-state index is 5.10. The first-order valence-corrected chi connectivity index (χ1v) is 3.82. The molecule has 0 aliphatic heterocycles. The third-order valence-corrected chi connectivity index (χ3v) is 1.87. The lowest BCUT2D eigenvalue weighted by molar-refractivity contribution is 1.04. The van der Waals surface area contributed by atoms with Gasteiger partial charge in [0.15, 0.2) is 0 Å². The van der Waals surface area contributed by atoms with Gasteiger partial charge < -0.3 is 0 Å². The summed E-state index contributed by atoms with van der Waals surface area (Å²) in [7, 11) is 0. The summed E-state index contributed by atoms with van der Waals surface area (Å²) in [4.78, 5) is 0. The number of terminal acetylenes is 1. The number of aryl methyl sites for hydroxylation is 1. The van der Waals surface area contributed by atoms with Gasteiger partial charge in [-0.05, 0) is 28.8 Å². The number of hydrogen-bond donors (Lipinski definition) is 0. The fourth-order valence-electron chi connectivity index (χ4n) is 0.651. The molecule has 0 radical (unpaired) electrons. The van der Waals surface area contributed by atoms with E-state index in [1.807, 2.05) is 0 Å². The molecule has 0 fully saturated rings. The Bertz CT molecular complexity index is 191.